The van der Waals surface area contributed by atoms with Crippen molar-refractivity contribution in [3.05, 3.63) is 48.1 Å². The highest BCUT2D eigenvalue weighted by molar-refractivity contribution is 6.05. The number of nitrogens with zero attached hydrogens (tertiary/aromatic N) is 3. The van der Waals surface area contributed by atoms with Gasteiger partial charge in [0.15, 0.2) is 0 Å². The largest absolute Gasteiger partial charge is 0.442 e. The van der Waals surface area contributed by atoms with Crippen LogP contribution in [0.1, 0.15) is 48.9 Å². The van der Waals surface area contributed by atoms with Gasteiger partial charge in [0.05, 0.1) is 17.6 Å². The molecule has 2 unspecified atom stereocenters. The van der Waals surface area contributed by atoms with Crippen molar-refractivity contribution >= 4 is 28.4 Å². The number of pyridine rings is 2. The van der Waals surface area contributed by atoms with Gasteiger partial charge in [0.2, 0.25) is 5.71 Å². The van der Waals surface area contributed by atoms with Crippen molar-refractivity contribution in [2.75, 3.05) is 23.3 Å². The van der Waals surface area contributed by atoms with Crippen molar-refractivity contribution in [3.63, 3.8) is 0 Å². The zero-order chi connectivity index (χ0) is 21.5. The number of rotatable bonds is 5. The number of furan rings is 1. The number of fused-ring (bicyclic) bond motifs is 1. The lowest BCUT2D eigenvalue weighted by atomic mass is 9.96. The molecule has 2 fully saturated rings. The first-order valence-electron chi connectivity index (χ1n) is 10.9. The van der Waals surface area contributed by atoms with Gasteiger partial charge >= 0.3 is 0 Å². The van der Waals surface area contributed by atoms with Crippen molar-refractivity contribution < 1.29 is 9.21 Å². The number of nitrogens with one attached hydrogen (secondary N) is 2. The predicted octanol–water partition coefficient (Wildman–Crippen LogP) is 3.28. The van der Waals surface area contributed by atoms with Gasteiger partial charge in [-0.2, -0.15) is 0 Å². The van der Waals surface area contributed by atoms with Crippen LogP contribution in [0.25, 0.3) is 11.1 Å². The molecular weight excluding hydrogens is 392 g/mol. The van der Waals surface area contributed by atoms with Gasteiger partial charge in [-0.3, -0.25) is 21.0 Å². The lowest BCUT2D eigenvalue weighted by Crippen LogP contribution is -2.51. The van der Waals surface area contributed by atoms with Crippen LogP contribution < -0.4 is 21.5 Å². The average molecular weight is 421 g/mol. The maximum absolute atomic E-state index is 13.0. The molecule has 162 valence electrons. The Labute approximate surface area is 181 Å². The minimum Gasteiger partial charge on any atom is -0.442 e. The minimum atomic E-state index is -0.285. The SMILES string of the molecule is CC1CC1c1cc2ccc(C(=O)Nc3cnccc3N3C[C@H](C)C[C@H](NN)C3)nc2o1. The first-order chi connectivity index (χ1) is 15.0. The van der Waals surface area contributed by atoms with E-state index in [2.05, 4.69) is 39.5 Å². The zero-order valence-electron chi connectivity index (χ0n) is 17.8. The summed E-state index contributed by atoms with van der Waals surface area (Å²) >= 11 is 0. The second-order valence-electron chi connectivity index (χ2n) is 9.02. The summed E-state index contributed by atoms with van der Waals surface area (Å²) in [6.45, 7) is 6.08. The monoisotopic (exact) mass is 420 g/mol. The number of hydrazine groups is 1. The molecule has 0 bridgehead atoms. The molecule has 4 atom stereocenters. The molecule has 2 aliphatic rings. The molecule has 1 saturated heterocycles. The molecule has 0 spiro atoms. The van der Waals surface area contributed by atoms with Gasteiger partial charge in [0.1, 0.15) is 11.5 Å². The summed E-state index contributed by atoms with van der Waals surface area (Å²) in [5, 5.41) is 3.91. The summed E-state index contributed by atoms with van der Waals surface area (Å²) in [5.74, 6) is 7.99. The fourth-order valence-electron chi connectivity index (χ4n) is 4.58. The van der Waals surface area contributed by atoms with Crippen LogP contribution in [-0.2, 0) is 0 Å². The van der Waals surface area contributed by atoms with Crippen LogP contribution in [-0.4, -0.2) is 35.0 Å². The van der Waals surface area contributed by atoms with Crippen molar-refractivity contribution in [1.29, 1.82) is 0 Å². The molecule has 31 heavy (non-hydrogen) atoms. The molecular formula is C23H28N6O2. The van der Waals surface area contributed by atoms with Crippen molar-refractivity contribution in [3.8, 4) is 0 Å². The number of hydrogen-bond donors (Lipinski definition) is 3. The Morgan fingerprint density at radius 2 is 2.06 bits per heavy atom. The van der Waals surface area contributed by atoms with E-state index < -0.39 is 0 Å². The number of amides is 1. The molecule has 3 aromatic rings. The molecule has 4 heterocycles. The third-order valence-electron chi connectivity index (χ3n) is 6.39. The van der Waals surface area contributed by atoms with Gasteiger partial charge in [0, 0.05) is 36.6 Å². The summed E-state index contributed by atoms with van der Waals surface area (Å²) in [5.41, 5.74) is 5.31. The quantitative estimate of drug-likeness (QED) is 0.429. The van der Waals surface area contributed by atoms with Crippen LogP contribution in [0.5, 0.6) is 0 Å². The standard InChI is InChI=1S/C23H28N6O2/c1-13-7-16(28-24)12-29(11-13)20-5-6-25-10-19(20)26-22(30)18-4-3-15-9-21(17-8-14(17)2)31-23(15)27-18/h3-6,9-10,13-14,16-17,28H,7-8,11-12,24H2,1-2H3,(H,26,30)/t13-,14?,16+,17?/m1/s1. The van der Waals surface area contributed by atoms with Gasteiger partial charge in [-0.1, -0.05) is 13.8 Å². The fraction of sp³-hybridized carbons (Fsp3) is 0.435. The number of nitrogens with two attached hydrogens (primary N) is 1. The zero-order valence-corrected chi connectivity index (χ0v) is 17.8. The molecule has 8 nitrogen and oxygen atoms in total. The highest BCUT2D eigenvalue weighted by Gasteiger charge is 2.37. The summed E-state index contributed by atoms with van der Waals surface area (Å²) in [7, 11) is 0. The summed E-state index contributed by atoms with van der Waals surface area (Å²) in [4.78, 5) is 23.9. The van der Waals surface area contributed by atoms with Gasteiger partial charge in [-0.15, -0.1) is 0 Å². The molecule has 1 saturated carbocycles. The van der Waals surface area contributed by atoms with E-state index in [4.69, 9.17) is 10.3 Å². The third kappa shape index (κ3) is 4.00. The van der Waals surface area contributed by atoms with E-state index in [0.717, 1.165) is 42.8 Å². The van der Waals surface area contributed by atoms with E-state index in [0.29, 0.717) is 34.8 Å². The number of carbonyl (C=O) groups excluding carboxylic acids is 1. The number of aromatic nitrogens is 2. The van der Waals surface area contributed by atoms with Crippen LogP contribution in [0, 0.1) is 11.8 Å². The highest BCUT2D eigenvalue weighted by Crippen LogP contribution is 2.48. The number of piperidine rings is 1. The number of hydrogen-bond acceptors (Lipinski definition) is 7. The molecule has 5 rings (SSSR count). The highest BCUT2D eigenvalue weighted by atomic mass is 16.3. The molecule has 0 radical (unpaired) electrons. The molecule has 3 aromatic heterocycles. The fourth-order valence-corrected chi connectivity index (χ4v) is 4.58. The van der Waals surface area contributed by atoms with Crippen molar-refractivity contribution in [2.24, 2.45) is 17.7 Å². The van der Waals surface area contributed by atoms with Gasteiger partial charge < -0.3 is 14.6 Å². The molecule has 0 aromatic carbocycles. The number of carbonyl (C=O) groups is 1. The summed E-state index contributed by atoms with van der Waals surface area (Å²) in [6, 6.07) is 7.79. The Kier molecular flexibility index (Phi) is 5.11. The van der Waals surface area contributed by atoms with Gasteiger partial charge in [-0.25, -0.2) is 4.98 Å². The Hall–Kier alpha value is -2.97. The summed E-state index contributed by atoms with van der Waals surface area (Å²) in [6.07, 6.45) is 5.58. The maximum Gasteiger partial charge on any atom is 0.274 e. The third-order valence-corrected chi connectivity index (χ3v) is 6.39. The lowest BCUT2D eigenvalue weighted by Gasteiger charge is -2.38. The van der Waals surface area contributed by atoms with Gasteiger partial charge in [0.25, 0.3) is 5.91 Å². The molecule has 1 amide bonds. The Morgan fingerprint density at radius 1 is 1.23 bits per heavy atom. The Balaban J connectivity index is 1.37. The first kappa shape index (κ1) is 20.0. The smallest absolute Gasteiger partial charge is 0.274 e. The minimum absolute atomic E-state index is 0.201. The van der Waals surface area contributed by atoms with Crippen LogP contribution >= 0.6 is 0 Å². The topological polar surface area (TPSA) is 109 Å². The van der Waals surface area contributed by atoms with Crippen LogP contribution in [0.3, 0.4) is 0 Å². The Bertz CT molecular complexity index is 1110. The van der Waals surface area contributed by atoms with E-state index in [9.17, 15) is 4.79 Å². The molecule has 8 heteroatoms. The second-order valence-corrected chi connectivity index (χ2v) is 9.02. The number of anilines is 2. The summed E-state index contributed by atoms with van der Waals surface area (Å²) < 4.78 is 5.93. The Morgan fingerprint density at radius 3 is 2.84 bits per heavy atom. The van der Waals surface area contributed by atoms with E-state index in [1.165, 1.54) is 0 Å². The molecule has 1 aliphatic heterocycles. The predicted molar refractivity (Wildman–Crippen MR) is 120 cm³/mol. The van der Waals surface area contributed by atoms with E-state index in [1.807, 2.05) is 18.2 Å². The average Bonchev–Trinajstić information content (AvgIpc) is 3.35. The maximum atomic E-state index is 13.0. The normalized spacial score (nSPS) is 25.6. The van der Waals surface area contributed by atoms with Crippen molar-refractivity contribution in [1.82, 2.24) is 15.4 Å². The molecule has 4 N–H and O–H groups in total. The van der Waals surface area contributed by atoms with Crippen LogP contribution in [0.2, 0.25) is 0 Å². The van der Waals surface area contributed by atoms with Crippen LogP contribution in [0.4, 0.5) is 11.4 Å². The van der Waals surface area contributed by atoms with E-state index in [1.54, 1.807) is 18.5 Å². The van der Waals surface area contributed by atoms with Crippen molar-refractivity contribution in [2.45, 2.75) is 38.6 Å². The van der Waals surface area contributed by atoms with Crippen LogP contribution in [0.15, 0.2) is 41.1 Å². The van der Waals surface area contributed by atoms with Gasteiger partial charge in [-0.05, 0) is 48.9 Å². The lowest BCUT2D eigenvalue weighted by molar-refractivity contribution is 0.102. The van der Waals surface area contributed by atoms with E-state index >= 15 is 0 Å². The van der Waals surface area contributed by atoms with E-state index in [-0.39, 0.29) is 11.9 Å². The molecule has 1 aliphatic carbocycles. The first-order valence-corrected chi connectivity index (χ1v) is 10.9. The second kappa shape index (κ2) is 7.94.